The van der Waals surface area contributed by atoms with Crippen LogP contribution in [-0.4, -0.2) is 25.2 Å². The fourth-order valence-corrected chi connectivity index (χ4v) is 2.54. The Morgan fingerprint density at radius 1 is 0.818 bits per heavy atom. The summed E-state index contributed by atoms with van der Waals surface area (Å²) in [5.41, 5.74) is -0.374. The van der Waals surface area contributed by atoms with Crippen LogP contribution in [0.5, 0.6) is 0 Å². The van der Waals surface area contributed by atoms with Crippen molar-refractivity contribution in [1.29, 1.82) is 0 Å². The molecule has 4 heteroatoms. The van der Waals surface area contributed by atoms with Gasteiger partial charge < -0.3 is 9.47 Å². The Labute approximate surface area is 135 Å². The predicted molar refractivity (Wildman–Crippen MR) is 88.6 cm³/mol. The molecule has 0 aromatic carbocycles. The molecule has 0 aromatic heterocycles. The lowest BCUT2D eigenvalue weighted by atomic mass is 9.78. The molecule has 22 heavy (non-hydrogen) atoms. The van der Waals surface area contributed by atoms with Gasteiger partial charge in [-0.25, -0.2) is 0 Å². The number of rotatable bonds is 13. The molecule has 0 bridgehead atoms. The molecule has 0 amide bonds. The van der Waals surface area contributed by atoms with Gasteiger partial charge in [0.25, 0.3) is 0 Å². The average Bonchev–Trinajstić information content (AvgIpc) is 2.53. The quantitative estimate of drug-likeness (QED) is 0.367. The first-order valence-corrected chi connectivity index (χ1v) is 8.89. The van der Waals surface area contributed by atoms with E-state index in [1.807, 2.05) is 13.8 Å². The van der Waals surface area contributed by atoms with Gasteiger partial charge in [0, 0.05) is 6.42 Å². The zero-order chi connectivity index (χ0) is 16.8. The van der Waals surface area contributed by atoms with E-state index in [0.29, 0.717) is 6.42 Å². The van der Waals surface area contributed by atoms with Gasteiger partial charge in [0.05, 0.1) is 5.41 Å². The van der Waals surface area contributed by atoms with Crippen LogP contribution in [0.1, 0.15) is 85.5 Å². The van der Waals surface area contributed by atoms with Crippen LogP contribution in [0.2, 0.25) is 0 Å². The highest BCUT2D eigenvalue weighted by Gasteiger charge is 2.35. The summed E-state index contributed by atoms with van der Waals surface area (Å²) in [7, 11) is 0. The topological polar surface area (TPSA) is 52.6 Å². The Bertz CT molecular complexity index is 308. The molecule has 0 heterocycles. The van der Waals surface area contributed by atoms with E-state index in [1.165, 1.54) is 0 Å². The van der Waals surface area contributed by atoms with E-state index in [-0.39, 0.29) is 30.6 Å². The highest BCUT2D eigenvalue weighted by atomic mass is 16.6. The van der Waals surface area contributed by atoms with Crippen molar-refractivity contribution in [2.45, 2.75) is 85.5 Å². The monoisotopic (exact) mass is 314 g/mol. The van der Waals surface area contributed by atoms with Crippen molar-refractivity contribution < 1.29 is 19.1 Å². The second-order valence-electron chi connectivity index (χ2n) is 5.90. The summed E-state index contributed by atoms with van der Waals surface area (Å²) in [5, 5.41) is 0. The van der Waals surface area contributed by atoms with Crippen LogP contribution in [0, 0.1) is 5.41 Å². The van der Waals surface area contributed by atoms with Crippen molar-refractivity contribution >= 4 is 11.9 Å². The number of carbonyl (C=O) groups excluding carboxylic acids is 2. The molecule has 0 saturated heterocycles. The maximum Gasteiger partial charge on any atom is 0.312 e. The van der Waals surface area contributed by atoms with Crippen LogP contribution in [0.4, 0.5) is 0 Å². The van der Waals surface area contributed by atoms with Crippen LogP contribution in [0.25, 0.3) is 0 Å². The van der Waals surface area contributed by atoms with Gasteiger partial charge in [-0.15, -0.1) is 0 Å². The van der Waals surface area contributed by atoms with Crippen molar-refractivity contribution in [1.82, 2.24) is 0 Å². The van der Waals surface area contributed by atoms with Crippen molar-refractivity contribution in [3.05, 3.63) is 0 Å². The summed E-state index contributed by atoms with van der Waals surface area (Å²) in [4.78, 5) is 23.8. The fourth-order valence-electron chi connectivity index (χ4n) is 2.54. The molecule has 0 aliphatic rings. The molecule has 0 spiro atoms. The van der Waals surface area contributed by atoms with Gasteiger partial charge in [0.2, 0.25) is 0 Å². The number of hydrogen-bond donors (Lipinski definition) is 0. The molecule has 0 saturated carbocycles. The van der Waals surface area contributed by atoms with E-state index in [2.05, 4.69) is 13.8 Å². The normalized spacial score (nSPS) is 11.3. The molecule has 0 rings (SSSR count). The van der Waals surface area contributed by atoms with Gasteiger partial charge in [-0.2, -0.15) is 0 Å². The Morgan fingerprint density at radius 2 is 1.41 bits per heavy atom. The number of unbranched alkanes of at least 4 members (excludes halogenated alkanes) is 3. The van der Waals surface area contributed by atoms with Crippen LogP contribution in [0.15, 0.2) is 0 Å². The van der Waals surface area contributed by atoms with Crippen molar-refractivity contribution in [2.75, 3.05) is 13.2 Å². The van der Waals surface area contributed by atoms with Crippen LogP contribution < -0.4 is 0 Å². The van der Waals surface area contributed by atoms with E-state index in [4.69, 9.17) is 9.47 Å². The first kappa shape index (κ1) is 20.9. The Hall–Kier alpha value is -1.06. The Balaban J connectivity index is 4.06. The number of carbonyl (C=O) groups is 2. The minimum absolute atomic E-state index is 0.145. The standard InChI is InChI=1S/C18H34O4/c1-5-9-11-12-16(19)21-14-15-22-17(20)18(7-3,8-4)13-10-6-2/h5-15H2,1-4H3. The molecular weight excluding hydrogens is 280 g/mol. The highest BCUT2D eigenvalue weighted by Crippen LogP contribution is 2.34. The summed E-state index contributed by atoms with van der Waals surface area (Å²) < 4.78 is 10.4. The van der Waals surface area contributed by atoms with Gasteiger partial charge in [-0.1, -0.05) is 53.4 Å². The Morgan fingerprint density at radius 3 is 1.95 bits per heavy atom. The van der Waals surface area contributed by atoms with Crippen LogP contribution in [-0.2, 0) is 19.1 Å². The van der Waals surface area contributed by atoms with Gasteiger partial charge in [0.1, 0.15) is 13.2 Å². The van der Waals surface area contributed by atoms with E-state index in [9.17, 15) is 9.59 Å². The highest BCUT2D eigenvalue weighted by molar-refractivity contribution is 5.76. The third-order valence-electron chi connectivity index (χ3n) is 4.36. The van der Waals surface area contributed by atoms with Gasteiger partial charge in [-0.3, -0.25) is 9.59 Å². The lowest BCUT2D eigenvalue weighted by molar-refractivity contribution is -0.161. The van der Waals surface area contributed by atoms with Crippen LogP contribution >= 0.6 is 0 Å². The number of ether oxygens (including phenoxy) is 2. The maximum absolute atomic E-state index is 12.3. The van der Waals surface area contributed by atoms with Crippen molar-refractivity contribution in [3.8, 4) is 0 Å². The van der Waals surface area contributed by atoms with E-state index >= 15 is 0 Å². The van der Waals surface area contributed by atoms with Crippen molar-refractivity contribution in [2.24, 2.45) is 5.41 Å². The molecular formula is C18H34O4. The zero-order valence-corrected chi connectivity index (χ0v) is 14.9. The fraction of sp³-hybridized carbons (Fsp3) is 0.889. The molecule has 4 nitrogen and oxygen atoms in total. The summed E-state index contributed by atoms with van der Waals surface area (Å²) in [6.07, 6.45) is 7.99. The predicted octanol–water partition coefficient (Wildman–Crippen LogP) is 4.65. The third-order valence-corrected chi connectivity index (χ3v) is 4.36. The van der Waals surface area contributed by atoms with E-state index in [1.54, 1.807) is 0 Å². The second-order valence-corrected chi connectivity index (χ2v) is 5.90. The molecule has 0 aliphatic carbocycles. The second kappa shape index (κ2) is 12.5. The zero-order valence-electron chi connectivity index (χ0n) is 14.9. The molecule has 0 aromatic rings. The molecule has 0 radical (unpaired) electrons. The molecule has 0 N–H and O–H groups in total. The summed E-state index contributed by atoms with van der Waals surface area (Å²) in [6, 6.07) is 0. The molecule has 130 valence electrons. The summed E-state index contributed by atoms with van der Waals surface area (Å²) >= 11 is 0. The van der Waals surface area contributed by atoms with Gasteiger partial charge >= 0.3 is 11.9 Å². The first-order valence-electron chi connectivity index (χ1n) is 8.89. The van der Waals surface area contributed by atoms with Crippen molar-refractivity contribution in [3.63, 3.8) is 0 Å². The lowest BCUT2D eigenvalue weighted by Crippen LogP contribution is -2.32. The maximum atomic E-state index is 12.3. The molecule has 0 aliphatic heterocycles. The van der Waals surface area contributed by atoms with Gasteiger partial charge in [0.15, 0.2) is 0 Å². The summed E-state index contributed by atoms with van der Waals surface area (Å²) in [5.74, 6) is -0.347. The summed E-state index contributed by atoms with van der Waals surface area (Å²) in [6.45, 7) is 8.61. The lowest BCUT2D eigenvalue weighted by Gasteiger charge is -2.29. The van der Waals surface area contributed by atoms with E-state index < -0.39 is 0 Å². The molecule has 0 fully saturated rings. The van der Waals surface area contributed by atoms with E-state index in [0.717, 1.165) is 51.4 Å². The third kappa shape index (κ3) is 7.81. The average molecular weight is 314 g/mol. The Kier molecular flexibility index (Phi) is 11.9. The molecule has 0 atom stereocenters. The number of esters is 2. The minimum Gasteiger partial charge on any atom is -0.462 e. The number of hydrogen-bond acceptors (Lipinski definition) is 4. The first-order chi connectivity index (χ1) is 10.6. The largest absolute Gasteiger partial charge is 0.462 e. The minimum atomic E-state index is -0.374. The molecule has 0 unspecified atom stereocenters. The smallest absolute Gasteiger partial charge is 0.312 e. The van der Waals surface area contributed by atoms with Gasteiger partial charge in [-0.05, 0) is 25.7 Å². The van der Waals surface area contributed by atoms with Crippen LogP contribution in [0.3, 0.4) is 0 Å². The SMILES string of the molecule is CCCCCC(=O)OCCOC(=O)C(CC)(CC)CCCC.